The standard InChI is InChI=1S/C6H8N2OS/c1-8-5-6(4-7-8)10-3-2-9/h2,4-5H,3H2,1H3. The summed E-state index contributed by atoms with van der Waals surface area (Å²) in [5.74, 6) is 0.506. The van der Waals surface area contributed by atoms with Gasteiger partial charge in [-0.05, 0) is 0 Å². The monoisotopic (exact) mass is 156 g/mol. The predicted molar refractivity (Wildman–Crippen MR) is 40.0 cm³/mol. The zero-order chi connectivity index (χ0) is 7.40. The van der Waals surface area contributed by atoms with Crippen molar-refractivity contribution >= 4 is 18.0 Å². The number of aldehydes is 1. The molecule has 1 aromatic rings. The van der Waals surface area contributed by atoms with E-state index in [9.17, 15) is 4.79 Å². The van der Waals surface area contributed by atoms with Gasteiger partial charge < -0.3 is 4.79 Å². The summed E-state index contributed by atoms with van der Waals surface area (Å²) in [4.78, 5) is 11.0. The minimum Gasteiger partial charge on any atom is -0.302 e. The second-order valence-corrected chi connectivity index (χ2v) is 2.92. The van der Waals surface area contributed by atoms with E-state index >= 15 is 0 Å². The van der Waals surface area contributed by atoms with Crippen LogP contribution in [0.5, 0.6) is 0 Å². The van der Waals surface area contributed by atoms with Gasteiger partial charge >= 0.3 is 0 Å². The number of rotatable bonds is 3. The fourth-order valence-electron chi connectivity index (χ4n) is 0.604. The van der Waals surface area contributed by atoms with Gasteiger partial charge in [0.1, 0.15) is 6.29 Å². The summed E-state index contributed by atoms with van der Waals surface area (Å²) in [6, 6.07) is 0. The lowest BCUT2D eigenvalue weighted by Crippen LogP contribution is -1.84. The van der Waals surface area contributed by atoms with Crippen LogP contribution in [0.2, 0.25) is 0 Å². The molecule has 0 N–H and O–H groups in total. The fourth-order valence-corrected chi connectivity index (χ4v) is 1.21. The van der Waals surface area contributed by atoms with Crippen LogP contribution in [-0.4, -0.2) is 21.8 Å². The summed E-state index contributed by atoms with van der Waals surface area (Å²) in [5, 5.41) is 3.95. The zero-order valence-electron chi connectivity index (χ0n) is 5.65. The maximum Gasteiger partial charge on any atom is 0.130 e. The lowest BCUT2D eigenvalue weighted by Gasteiger charge is -1.86. The molecule has 1 aromatic heterocycles. The Morgan fingerprint density at radius 3 is 3.20 bits per heavy atom. The van der Waals surface area contributed by atoms with Crippen molar-refractivity contribution in [3.8, 4) is 0 Å². The minimum atomic E-state index is 0.506. The highest BCUT2D eigenvalue weighted by atomic mass is 32.2. The first kappa shape index (κ1) is 7.34. The fraction of sp³-hybridized carbons (Fsp3) is 0.333. The molecule has 0 atom stereocenters. The van der Waals surface area contributed by atoms with Crippen molar-refractivity contribution in [3.63, 3.8) is 0 Å². The summed E-state index contributed by atoms with van der Waals surface area (Å²) >= 11 is 1.49. The maximum absolute atomic E-state index is 9.94. The highest BCUT2D eigenvalue weighted by Crippen LogP contribution is 2.14. The summed E-state index contributed by atoms with van der Waals surface area (Å²) in [7, 11) is 1.85. The third kappa shape index (κ3) is 1.88. The highest BCUT2D eigenvalue weighted by molar-refractivity contribution is 7.99. The molecule has 54 valence electrons. The third-order valence-electron chi connectivity index (χ3n) is 0.999. The Hall–Kier alpha value is -0.770. The van der Waals surface area contributed by atoms with Gasteiger partial charge in [0.25, 0.3) is 0 Å². The van der Waals surface area contributed by atoms with Crippen LogP contribution < -0.4 is 0 Å². The van der Waals surface area contributed by atoms with Crippen molar-refractivity contribution in [3.05, 3.63) is 12.4 Å². The zero-order valence-corrected chi connectivity index (χ0v) is 6.47. The quantitative estimate of drug-likeness (QED) is 0.477. The van der Waals surface area contributed by atoms with Gasteiger partial charge in [-0.1, -0.05) is 0 Å². The van der Waals surface area contributed by atoms with Gasteiger partial charge in [-0.2, -0.15) is 5.10 Å². The van der Waals surface area contributed by atoms with Crippen molar-refractivity contribution in [2.75, 3.05) is 5.75 Å². The maximum atomic E-state index is 9.94. The Morgan fingerprint density at radius 1 is 1.90 bits per heavy atom. The summed E-state index contributed by atoms with van der Waals surface area (Å²) < 4.78 is 1.72. The Labute approximate surface area is 63.4 Å². The minimum absolute atomic E-state index is 0.506. The molecule has 0 saturated heterocycles. The van der Waals surface area contributed by atoms with Crippen molar-refractivity contribution in [2.24, 2.45) is 7.05 Å². The van der Waals surface area contributed by atoms with Crippen LogP contribution in [0.25, 0.3) is 0 Å². The molecular weight excluding hydrogens is 148 g/mol. The van der Waals surface area contributed by atoms with Crippen LogP contribution in [0.1, 0.15) is 0 Å². The van der Waals surface area contributed by atoms with Crippen molar-refractivity contribution in [1.82, 2.24) is 9.78 Å². The van der Waals surface area contributed by atoms with E-state index in [0.717, 1.165) is 11.2 Å². The van der Waals surface area contributed by atoms with E-state index in [1.165, 1.54) is 11.8 Å². The number of hydrogen-bond acceptors (Lipinski definition) is 3. The molecule has 0 saturated carbocycles. The van der Waals surface area contributed by atoms with E-state index < -0.39 is 0 Å². The average molecular weight is 156 g/mol. The Bertz CT molecular complexity index is 221. The Kier molecular flexibility index (Phi) is 2.50. The first-order valence-electron chi connectivity index (χ1n) is 2.88. The molecule has 0 bridgehead atoms. The number of nitrogens with zero attached hydrogens (tertiary/aromatic N) is 2. The molecule has 0 amide bonds. The summed E-state index contributed by atoms with van der Waals surface area (Å²) in [5.41, 5.74) is 0. The number of aromatic nitrogens is 2. The number of carbonyl (C=O) groups excluding carboxylic acids is 1. The van der Waals surface area contributed by atoms with Gasteiger partial charge in [-0.25, -0.2) is 0 Å². The molecule has 3 nitrogen and oxygen atoms in total. The molecule has 0 fully saturated rings. The van der Waals surface area contributed by atoms with E-state index in [0.29, 0.717) is 5.75 Å². The second kappa shape index (κ2) is 3.41. The second-order valence-electron chi connectivity index (χ2n) is 1.83. The topological polar surface area (TPSA) is 34.9 Å². The van der Waals surface area contributed by atoms with Crippen LogP contribution >= 0.6 is 11.8 Å². The highest BCUT2D eigenvalue weighted by Gasteiger charge is 1.93. The van der Waals surface area contributed by atoms with Gasteiger partial charge in [0.2, 0.25) is 0 Å². The first-order valence-corrected chi connectivity index (χ1v) is 3.86. The largest absolute Gasteiger partial charge is 0.302 e. The SMILES string of the molecule is Cn1cc(SCC=O)cn1. The Morgan fingerprint density at radius 2 is 2.70 bits per heavy atom. The van der Waals surface area contributed by atoms with E-state index in [-0.39, 0.29) is 0 Å². The van der Waals surface area contributed by atoms with Gasteiger partial charge in [0.15, 0.2) is 0 Å². The van der Waals surface area contributed by atoms with Crippen LogP contribution in [0.15, 0.2) is 17.3 Å². The lowest BCUT2D eigenvalue weighted by molar-refractivity contribution is -0.105. The molecule has 0 unspecified atom stereocenters. The number of hydrogen-bond donors (Lipinski definition) is 0. The smallest absolute Gasteiger partial charge is 0.130 e. The number of thioether (sulfide) groups is 1. The van der Waals surface area contributed by atoms with E-state index in [4.69, 9.17) is 0 Å². The molecule has 0 aliphatic carbocycles. The van der Waals surface area contributed by atoms with E-state index in [1.54, 1.807) is 10.9 Å². The van der Waals surface area contributed by atoms with Crippen molar-refractivity contribution in [2.45, 2.75) is 4.90 Å². The summed E-state index contributed by atoms with van der Waals surface area (Å²) in [6.45, 7) is 0. The predicted octanol–water partition coefficient (Wildman–Crippen LogP) is 0.711. The van der Waals surface area contributed by atoms with E-state index in [2.05, 4.69) is 5.10 Å². The van der Waals surface area contributed by atoms with Crippen molar-refractivity contribution in [1.29, 1.82) is 0 Å². The van der Waals surface area contributed by atoms with Gasteiger partial charge in [-0.3, -0.25) is 4.68 Å². The molecule has 4 heteroatoms. The normalized spacial score (nSPS) is 9.70. The van der Waals surface area contributed by atoms with Crippen LogP contribution in [0.3, 0.4) is 0 Å². The van der Waals surface area contributed by atoms with Crippen LogP contribution in [0, 0.1) is 0 Å². The van der Waals surface area contributed by atoms with Gasteiger partial charge in [0.05, 0.1) is 11.9 Å². The molecule has 0 aliphatic rings. The molecule has 0 aliphatic heterocycles. The van der Waals surface area contributed by atoms with Crippen molar-refractivity contribution < 1.29 is 4.79 Å². The van der Waals surface area contributed by atoms with Crippen LogP contribution in [0.4, 0.5) is 0 Å². The molecule has 10 heavy (non-hydrogen) atoms. The Balaban J connectivity index is 2.49. The molecule has 1 heterocycles. The molecule has 0 spiro atoms. The molecule has 1 rings (SSSR count). The number of carbonyl (C=O) groups is 1. The summed E-state index contributed by atoms with van der Waals surface area (Å²) in [6.07, 6.45) is 4.51. The molecular formula is C6H8N2OS. The van der Waals surface area contributed by atoms with E-state index in [1.807, 2.05) is 13.2 Å². The first-order chi connectivity index (χ1) is 4.83. The molecule has 0 radical (unpaired) electrons. The number of aryl methyl sites for hydroxylation is 1. The third-order valence-corrected chi connectivity index (χ3v) is 1.85. The molecule has 0 aromatic carbocycles. The lowest BCUT2D eigenvalue weighted by atomic mass is 10.7. The van der Waals surface area contributed by atoms with Crippen LogP contribution in [-0.2, 0) is 11.8 Å². The van der Waals surface area contributed by atoms with Gasteiger partial charge in [-0.15, -0.1) is 11.8 Å². The average Bonchev–Trinajstić information content (AvgIpc) is 2.31. The van der Waals surface area contributed by atoms with Gasteiger partial charge in [0, 0.05) is 18.1 Å².